The Hall–Kier alpha value is -2.45. The highest BCUT2D eigenvalue weighted by Crippen LogP contribution is 2.20. The van der Waals surface area contributed by atoms with Crippen LogP contribution in [0, 0.1) is 23.0 Å². The Bertz CT molecular complexity index is 724. The summed E-state index contributed by atoms with van der Waals surface area (Å²) in [6.45, 7) is 0.180. The van der Waals surface area contributed by atoms with Crippen molar-refractivity contribution in [2.24, 2.45) is 0 Å². The number of nitrogens with zero attached hydrogens (tertiary/aromatic N) is 1. The van der Waals surface area contributed by atoms with Crippen molar-refractivity contribution in [1.82, 2.24) is 5.32 Å². The summed E-state index contributed by atoms with van der Waals surface area (Å²) in [5.41, 5.74) is 1.14. The van der Waals surface area contributed by atoms with Crippen LogP contribution in [0.4, 0.5) is 8.78 Å². The second kappa shape index (κ2) is 6.33. The van der Waals surface area contributed by atoms with Crippen LogP contribution in [0.15, 0.2) is 36.4 Å². The number of halogens is 3. The molecule has 2 aromatic rings. The summed E-state index contributed by atoms with van der Waals surface area (Å²) in [7, 11) is 0. The number of hydrogen-bond donors (Lipinski definition) is 1. The second-order valence-corrected chi connectivity index (χ2v) is 4.64. The summed E-state index contributed by atoms with van der Waals surface area (Å²) in [5, 5.41) is 11.1. The van der Waals surface area contributed by atoms with Gasteiger partial charge in [0, 0.05) is 6.54 Å². The minimum absolute atomic E-state index is 0.135. The van der Waals surface area contributed by atoms with Crippen LogP contribution >= 0.6 is 11.6 Å². The fourth-order valence-corrected chi connectivity index (χ4v) is 1.91. The highest BCUT2D eigenvalue weighted by molar-refractivity contribution is 6.33. The molecule has 0 saturated carbocycles. The van der Waals surface area contributed by atoms with Crippen LogP contribution in [0.3, 0.4) is 0 Å². The number of amides is 1. The van der Waals surface area contributed by atoms with Gasteiger partial charge in [-0.1, -0.05) is 23.7 Å². The summed E-state index contributed by atoms with van der Waals surface area (Å²) < 4.78 is 26.0. The molecule has 0 heterocycles. The van der Waals surface area contributed by atoms with Crippen LogP contribution in [0.2, 0.25) is 5.02 Å². The van der Waals surface area contributed by atoms with E-state index in [4.69, 9.17) is 16.9 Å². The summed E-state index contributed by atoms with van der Waals surface area (Å²) in [6.07, 6.45) is 0. The van der Waals surface area contributed by atoms with Crippen molar-refractivity contribution in [3.05, 3.63) is 69.7 Å². The lowest BCUT2D eigenvalue weighted by atomic mass is 10.1. The number of carbonyl (C=O) groups is 1. The van der Waals surface area contributed by atoms with E-state index in [-0.39, 0.29) is 17.1 Å². The van der Waals surface area contributed by atoms with Gasteiger partial charge in [0.05, 0.1) is 22.2 Å². The smallest absolute Gasteiger partial charge is 0.253 e. The third kappa shape index (κ3) is 3.56. The molecule has 0 saturated heterocycles. The number of nitriles is 1. The first-order valence-corrected chi connectivity index (χ1v) is 6.31. The fraction of sp³-hybridized carbons (Fsp3) is 0.0667. The predicted molar refractivity (Wildman–Crippen MR) is 73.7 cm³/mol. The van der Waals surface area contributed by atoms with Crippen molar-refractivity contribution in [2.45, 2.75) is 6.54 Å². The Morgan fingerprint density at radius 3 is 2.43 bits per heavy atom. The van der Waals surface area contributed by atoms with E-state index >= 15 is 0 Å². The van der Waals surface area contributed by atoms with E-state index < -0.39 is 17.5 Å². The van der Waals surface area contributed by atoms with Gasteiger partial charge in [0.15, 0.2) is 11.6 Å². The summed E-state index contributed by atoms with van der Waals surface area (Å²) in [5.74, 6) is -2.85. The maximum absolute atomic E-state index is 13.1. The molecule has 0 fully saturated rings. The van der Waals surface area contributed by atoms with Crippen molar-refractivity contribution in [3.8, 4) is 6.07 Å². The third-order valence-electron chi connectivity index (χ3n) is 2.79. The molecule has 0 aliphatic carbocycles. The molecule has 3 nitrogen and oxygen atoms in total. The van der Waals surface area contributed by atoms with E-state index in [0.717, 1.165) is 17.7 Å². The molecule has 0 radical (unpaired) electrons. The molecular weight excluding hydrogens is 298 g/mol. The molecule has 2 aromatic carbocycles. The number of hydrogen-bond acceptors (Lipinski definition) is 2. The molecule has 106 valence electrons. The molecule has 0 atom stereocenters. The molecule has 0 aromatic heterocycles. The van der Waals surface area contributed by atoms with Gasteiger partial charge >= 0.3 is 0 Å². The molecule has 6 heteroatoms. The van der Waals surface area contributed by atoms with Crippen LogP contribution in [-0.4, -0.2) is 5.91 Å². The van der Waals surface area contributed by atoms with Crippen LogP contribution in [0.25, 0.3) is 0 Å². The van der Waals surface area contributed by atoms with E-state index in [1.807, 2.05) is 6.07 Å². The van der Waals surface area contributed by atoms with Crippen LogP contribution in [-0.2, 0) is 6.54 Å². The Morgan fingerprint density at radius 1 is 1.19 bits per heavy atom. The molecule has 1 N–H and O–H groups in total. The molecule has 0 spiro atoms. The van der Waals surface area contributed by atoms with Crippen LogP contribution < -0.4 is 5.32 Å². The average Bonchev–Trinajstić information content (AvgIpc) is 2.49. The molecule has 0 aliphatic rings. The summed E-state index contributed by atoms with van der Waals surface area (Å²) in [4.78, 5) is 11.9. The first-order chi connectivity index (χ1) is 10.0. The quantitative estimate of drug-likeness (QED) is 0.883. The zero-order valence-electron chi connectivity index (χ0n) is 10.7. The largest absolute Gasteiger partial charge is 0.348 e. The zero-order valence-corrected chi connectivity index (χ0v) is 11.4. The van der Waals surface area contributed by atoms with E-state index in [1.165, 1.54) is 0 Å². The number of rotatable bonds is 3. The minimum atomic E-state index is -1.14. The lowest BCUT2D eigenvalue weighted by Crippen LogP contribution is -2.23. The van der Waals surface area contributed by atoms with Crippen LogP contribution in [0.1, 0.15) is 21.5 Å². The Kier molecular flexibility index (Phi) is 4.51. The number of nitrogens with one attached hydrogen (secondary N) is 1. The number of benzene rings is 2. The second-order valence-electron chi connectivity index (χ2n) is 4.24. The van der Waals surface area contributed by atoms with E-state index in [1.54, 1.807) is 24.3 Å². The molecule has 2 rings (SSSR count). The third-order valence-corrected chi connectivity index (χ3v) is 3.10. The van der Waals surface area contributed by atoms with Gasteiger partial charge in [-0.25, -0.2) is 8.78 Å². The standard InChI is InChI=1S/C15H9ClF2N2O/c16-12-6-14(18)13(17)5-11(12)15(21)20-8-10-3-1-9(7-19)2-4-10/h1-6H,8H2,(H,20,21). The predicted octanol–water partition coefficient (Wildman–Crippen LogP) is 3.42. The van der Waals surface area contributed by atoms with Crippen molar-refractivity contribution < 1.29 is 13.6 Å². The van der Waals surface area contributed by atoms with Crippen molar-refractivity contribution in [2.75, 3.05) is 0 Å². The topological polar surface area (TPSA) is 52.9 Å². The molecule has 0 unspecified atom stereocenters. The van der Waals surface area contributed by atoms with Crippen molar-refractivity contribution in [1.29, 1.82) is 5.26 Å². The summed E-state index contributed by atoms with van der Waals surface area (Å²) >= 11 is 5.71. The van der Waals surface area contributed by atoms with Gasteiger partial charge in [0.25, 0.3) is 5.91 Å². The summed E-state index contributed by atoms with van der Waals surface area (Å²) in [6, 6.07) is 10.1. The monoisotopic (exact) mass is 306 g/mol. The van der Waals surface area contributed by atoms with Gasteiger partial charge in [-0.15, -0.1) is 0 Å². The van der Waals surface area contributed by atoms with Crippen molar-refractivity contribution in [3.63, 3.8) is 0 Å². The Labute approximate surface area is 124 Å². The first-order valence-electron chi connectivity index (χ1n) is 5.93. The maximum atomic E-state index is 13.1. The van der Waals surface area contributed by atoms with E-state index in [0.29, 0.717) is 5.56 Å². The molecule has 0 aliphatic heterocycles. The zero-order chi connectivity index (χ0) is 15.4. The first kappa shape index (κ1) is 14.9. The van der Waals surface area contributed by atoms with Gasteiger partial charge in [0.2, 0.25) is 0 Å². The van der Waals surface area contributed by atoms with E-state index in [9.17, 15) is 13.6 Å². The van der Waals surface area contributed by atoms with Gasteiger partial charge in [-0.05, 0) is 29.8 Å². The normalized spacial score (nSPS) is 10.0. The fourth-order valence-electron chi connectivity index (χ4n) is 1.67. The van der Waals surface area contributed by atoms with Gasteiger partial charge in [-0.2, -0.15) is 5.26 Å². The van der Waals surface area contributed by atoms with E-state index in [2.05, 4.69) is 5.32 Å². The van der Waals surface area contributed by atoms with Gasteiger partial charge in [-0.3, -0.25) is 4.79 Å². The number of carbonyl (C=O) groups excluding carboxylic acids is 1. The molecular formula is C15H9ClF2N2O. The molecule has 0 bridgehead atoms. The lowest BCUT2D eigenvalue weighted by Gasteiger charge is -2.07. The maximum Gasteiger partial charge on any atom is 0.253 e. The Morgan fingerprint density at radius 2 is 1.81 bits per heavy atom. The average molecular weight is 307 g/mol. The van der Waals surface area contributed by atoms with Gasteiger partial charge < -0.3 is 5.32 Å². The lowest BCUT2D eigenvalue weighted by molar-refractivity contribution is 0.0950. The molecule has 21 heavy (non-hydrogen) atoms. The highest BCUT2D eigenvalue weighted by Gasteiger charge is 2.14. The van der Waals surface area contributed by atoms with Gasteiger partial charge in [0.1, 0.15) is 0 Å². The SMILES string of the molecule is N#Cc1ccc(CNC(=O)c2cc(F)c(F)cc2Cl)cc1. The molecule has 1 amide bonds. The minimum Gasteiger partial charge on any atom is -0.348 e. The highest BCUT2D eigenvalue weighted by atomic mass is 35.5. The van der Waals surface area contributed by atoms with Crippen LogP contribution in [0.5, 0.6) is 0 Å². The Balaban J connectivity index is 2.08. The van der Waals surface area contributed by atoms with Crippen molar-refractivity contribution >= 4 is 17.5 Å².